The summed E-state index contributed by atoms with van der Waals surface area (Å²) in [4.78, 5) is 15.0. The first-order valence-corrected chi connectivity index (χ1v) is 8.77. The highest BCUT2D eigenvalue weighted by atomic mass is 14.9. The molecule has 0 fully saturated rings. The highest BCUT2D eigenvalue weighted by Crippen LogP contribution is 2.31. The van der Waals surface area contributed by atoms with E-state index in [9.17, 15) is 0 Å². The molecule has 0 aliphatic heterocycles. The molecule has 6 N–H and O–H groups in total. The SMILES string of the molecule is NCC1CCCc2[nH]cnc21.NCCC1CCCc2[nH]cnc21. The van der Waals surface area contributed by atoms with Crippen LogP contribution >= 0.6 is 0 Å². The third kappa shape index (κ3) is 3.64. The van der Waals surface area contributed by atoms with Crippen molar-refractivity contribution in [1.29, 1.82) is 0 Å². The summed E-state index contributed by atoms with van der Waals surface area (Å²) in [6, 6.07) is 0. The fourth-order valence-corrected chi connectivity index (χ4v) is 3.80. The number of H-pyrrole nitrogens is 2. The average Bonchev–Trinajstić information content (AvgIpc) is 3.24. The second-order valence-electron chi connectivity index (χ2n) is 6.52. The summed E-state index contributed by atoms with van der Waals surface area (Å²) in [6.45, 7) is 1.51. The number of aromatic amines is 2. The van der Waals surface area contributed by atoms with Crippen molar-refractivity contribution < 1.29 is 0 Å². The Labute approximate surface area is 137 Å². The van der Waals surface area contributed by atoms with Gasteiger partial charge in [-0.05, 0) is 51.5 Å². The van der Waals surface area contributed by atoms with Crippen molar-refractivity contribution in [2.75, 3.05) is 13.1 Å². The molecule has 0 saturated carbocycles. The number of nitrogens with two attached hydrogens (primary N) is 2. The summed E-state index contributed by atoms with van der Waals surface area (Å²) < 4.78 is 0. The molecule has 0 radical (unpaired) electrons. The Morgan fingerprint density at radius 1 is 0.913 bits per heavy atom. The van der Waals surface area contributed by atoms with E-state index < -0.39 is 0 Å². The molecule has 0 spiro atoms. The van der Waals surface area contributed by atoms with Gasteiger partial charge in [0, 0.05) is 29.8 Å². The Morgan fingerprint density at radius 3 is 2.04 bits per heavy atom. The number of hydrogen-bond acceptors (Lipinski definition) is 4. The maximum Gasteiger partial charge on any atom is 0.0925 e. The summed E-state index contributed by atoms with van der Waals surface area (Å²) in [6.07, 6.45) is 12.0. The van der Waals surface area contributed by atoms with Crippen LogP contribution in [0.15, 0.2) is 12.7 Å². The van der Waals surface area contributed by atoms with Gasteiger partial charge >= 0.3 is 0 Å². The highest BCUT2D eigenvalue weighted by Gasteiger charge is 2.21. The van der Waals surface area contributed by atoms with Crippen molar-refractivity contribution in [3.63, 3.8) is 0 Å². The lowest BCUT2D eigenvalue weighted by molar-refractivity contribution is 0.513. The van der Waals surface area contributed by atoms with E-state index in [2.05, 4.69) is 19.9 Å². The van der Waals surface area contributed by atoms with E-state index >= 15 is 0 Å². The third-order valence-corrected chi connectivity index (χ3v) is 5.03. The molecule has 23 heavy (non-hydrogen) atoms. The first-order chi connectivity index (χ1) is 11.3. The molecule has 2 aliphatic rings. The topological polar surface area (TPSA) is 109 Å². The van der Waals surface area contributed by atoms with Crippen LogP contribution in [0.2, 0.25) is 0 Å². The predicted octanol–water partition coefficient (Wildman–Crippen LogP) is 1.97. The standard InChI is InChI=1S/C9H15N3.C8H13N3/c10-5-4-7-2-1-3-8-9(7)12-6-11-8;9-4-6-2-1-3-7-8(6)11-5-10-7/h6-7H,1-5,10H2,(H,11,12);5-6H,1-4,9H2,(H,10,11). The molecule has 2 aromatic heterocycles. The van der Waals surface area contributed by atoms with Gasteiger partial charge in [-0.3, -0.25) is 0 Å². The second kappa shape index (κ2) is 7.75. The molecule has 0 amide bonds. The Morgan fingerprint density at radius 2 is 1.48 bits per heavy atom. The predicted molar refractivity (Wildman–Crippen MR) is 91.3 cm³/mol. The van der Waals surface area contributed by atoms with Crippen molar-refractivity contribution in [3.05, 3.63) is 35.4 Å². The van der Waals surface area contributed by atoms with Gasteiger partial charge in [0.05, 0.1) is 24.0 Å². The number of aryl methyl sites for hydroxylation is 2. The van der Waals surface area contributed by atoms with E-state index in [1.54, 1.807) is 12.7 Å². The zero-order valence-corrected chi connectivity index (χ0v) is 13.7. The Balaban J connectivity index is 0.000000136. The van der Waals surface area contributed by atoms with E-state index in [0.29, 0.717) is 11.8 Å². The number of hydrogen-bond donors (Lipinski definition) is 4. The van der Waals surface area contributed by atoms with Crippen molar-refractivity contribution in [3.8, 4) is 0 Å². The largest absolute Gasteiger partial charge is 0.348 e. The van der Waals surface area contributed by atoms with Crippen molar-refractivity contribution in [2.24, 2.45) is 11.5 Å². The molecule has 0 aromatic carbocycles. The van der Waals surface area contributed by atoms with Crippen molar-refractivity contribution in [2.45, 2.75) is 56.8 Å². The van der Waals surface area contributed by atoms with Gasteiger partial charge in [0.15, 0.2) is 0 Å². The minimum Gasteiger partial charge on any atom is -0.348 e. The molecule has 0 saturated heterocycles. The normalized spacial score (nSPS) is 22.7. The molecule has 6 nitrogen and oxygen atoms in total. The summed E-state index contributed by atoms with van der Waals surface area (Å²) in [5, 5.41) is 0. The Kier molecular flexibility index (Phi) is 5.46. The number of fused-ring (bicyclic) bond motifs is 2. The highest BCUT2D eigenvalue weighted by molar-refractivity contribution is 5.20. The molecular weight excluding hydrogens is 288 g/mol. The van der Waals surface area contributed by atoms with Crippen LogP contribution in [-0.2, 0) is 12.8 Å². The maximum absolute atomic E-state index is 5.62. The lowest BCUT2D eigenvalue weighted by atomic mass is 9.88. The molecule has 2 unspecified atom stereocenters. The van der Waals surface area contributed by atoms with E-state index in [1.807, 2.05) is 0 Å². The zero-order chi connectivity index (χ0) is 16.1. The van der Waals surface area contributed by atoms with Gasteiger partial charge in [0.2, 0.25) is 0 Å². The van der Waals surface area contributed by atoms with Gasteiger partial charge < -0.3 is 21.4 Å². The lowest BCUT2D eigenvalue weighted by Gasteiger charge is -2.20. The number of nitrogens with one attached hydrogen (secondary N) is 2. The first-order valence-electron chi connectivity index (χ1n) is 8.77. The smallest absolute Gasteiger partial charge is 0.0925 e. The van der Waals surface area contributed by atoms with Gasteiger partial charge in [-0.1, -0.05) is 0 Å². The Bertz CT molecular complexity index is 602. The molecule has 4 rings (SSSR count). The van der Waals surface area contributed by atoms with E-state index in [1.165, 1.54) is 48.5 Å². The molecule has 2 heterocycles. The van der Waals surface area contributed by atoms with Crippen LogP contribution in [0.25, 0.3) is 0 Å². The molecule has 2 aliphatic carbocycles. The van der Waals surface area contributed by atoms with Crippen LogP contribution in [-0.4, -0.2) is 33.0 Å². The Hall–Kier alpha value is -1.66. The molecule has 0 bridgehead atoms. The zero-order valence-electron chi connectivity index (χ0n) is 13.7. The maximum atomic E-state index is 5.62. The van der Waals surface area contributed by atoms with Crippen LogP contribution in [0, 0.1) is 0 Å². The number of nitrogens with zero attached hydrogens (tertiary/aromatic N) is 2. The fourth-order valence-electron chi connectivity index (χ4n) is 3.80. The second-order valence-corrected chi connectivity index (χ2v) is 6.52. The number of imidazole rings is 2. The number of aromatic nitrogens is 4. The van der Waals surface area contributed by atoms with Gasteiger partial charge in [-0.2, -0.15) is 0 Å². The van der Waals surface area contributed by atoms with Gasteiger partial charge in [-0.15, -0.1) is 0 Å². The first kappa shape index (κ1) is 16.2. The summed E-state index contributed by atoms with van der Waals surface area (Å²) in [5.74, 6) is 1.12. The van der Waals surface area contributed by atoms with Gasteiger partial charge in [-0.25, -0.2) is 9.97 Å². The monoisotopic (exact) mass is 316 g/mol. The van der Waals surface area contributed by atoms with Gasteiger partial charge in [0.1, 0.15) is 0 Å². The summed E-state index contributed by atoms with van der Waals surface area (Å²) in [7, 11) is 0. The van der Waals surface area contributed by atoms with Crippen LogP contribution < -0.4 is 11.5 Å². The van der Waals surface area contributed by atoms with Crippen molar-refractivity contribution >= 4 is 0 Å². The molecule has 2 atom stereocenters. The van der Waals surface area contributed by atoms with E-state index in [0.717, 1.165) is 32.4 Å². The van der Waals surface area contributed by atoms with Crippen LogP contribution in [0.1, 0.15) is 66.7 Å². The van der Waals surface area contributed by atoms with Crippen molar-refractivity contribution in [1.82, 2.24) is 19.9 Å². The minimum atomic E-state index is 0.505. The summed E-state index contributed by atoms with van der Waals surface area (Å²) >= 11 is 0. The number of rotatable bonds is 3. The molecular formula is C17H28N6. The minimum absolute atomic E-state index is 0.505. The quantitative estimate of drug-likeness (QED) is 0.694. The van der Waals surface area contributed by atoms with E-state index in [4.69, 9.17) is 11.5 Å². The molecule has 6 heteroatoms. The third-order valence-electron chi connectivity index (χ3n) is 5.03. The van der Waals surface area contributed by atoms with Crippen LogP contribution in [0.5, 0.6) is 0 Å². The molecule has 2 aromatic rings. The molecule has 126 valence electrons. The van der Waals surface area contributed by atoms with E-state index in [-0.39, 0.29) is 0 Å². The van der Waals surface area contributed by atoms with Gasteiger partial charge in [0.25, 0.3) is 0 Å². The summed E-state index contributed by atoms with van der Waals surface area (Å²) in [5.41, 5.74) is 16.3. The van der Waals surface area contributed by atoms with Crippen LogP contribution in [0.3, 0.4) is 0 Å². The average molecular weight is 316 g/mol. The fraction of sp³-hybridized carbons (Fsp3) is 0.647. The van der Waals surface area contributed by atoms with Crippen LogP contribution in [0.4, 0.5) is 0 Å². The lowest BCUT2D eigenvalue weighted by Crippen LogP contribution is -2.18.